The van der Waals surface area contributed by atoms with Crippen LogP contribution in [0, 0.1) is 0 Å². The maximum Gasteiger partial charge on any atom is 0.351 e. The van der Waals surface area contributed by atoms with Crippen LogP contribution < -0.4 is 10.9 Å². The Morgan fingerprint density at radius 2 is 1.59 bits per heavy atom. The van der Waals surface area contributed by atoms with Crippen LogP contribution in [-0.4, -0.2) is 18.0 Å². The first-order valence-corrected chi connectivity index (χ1v) is 9.05. The molecule has 3 aromatic carbocycles. The Morgan fingerprint density at radius 3 is 2.38 bits per heavy atom. The molecule has 4 aromatic rings. The third-order valence-corrected chi connectivity index (χ3v) is 4.53. The zero-order valence-corrected chi connectivity index (χ0v) is 15.5. The largest absolute Gasteiger partial charge is 0.449 e. The molecule has 1 aromatic heterocycles. The van der Waals surface area contributed by atoms with Gasteiger partial charge in [-0.05, 0) is 42.0 Å². The molecular formula is C23H17NO5. The van der Waals surface area contributed by atoms with Crippen molar-refractivity contribution in [3.05, 3.63) is 88.8 Å². The molecule has 1 amide bonds. The molecule has 6 heteroatoms. The van der Waals surface area contributed by atoms with Crippen molar-refractivity contribution in [1.82, 2.24) is 0 Å². The van der Waals surface area contributed by atoms with E-state index in [1.165, 1.54) is 13.0 Å². The van der Waals surface area contributed by atoms with E-state index in [2.05, 4.69) is 5.32 Å². The van der Waals surface area contributed by atoms with E-state index in [1.807, 2.05) is 36.4 Å². The quantitative estimate of drug-likeness (QED) is 0.420. The second-order valence-corrected chi connectivity index (χ2v) is 6.58. The molecule has 4 rings (SSSR count). The normalized spacial score (nSPS) is 11.9. The third kappa shape index (κ3) is 3.87. The lowest BCUT2D eigenvalue weighted by atomic mass is 10.1. The highest BCUT2D eigenvalue weighted by Gasteiger charge is 2.22. The van der Waals surface area contributed by atoms with Gasteiger partial charge in [-0.1, -0.05) is 48.5 Å². The van der Waals surface area contributed by atoms with E-state index in [4.69, 9.17) is 9.15 Å². The van der Waals surface area contributed by atoms with E-state index in [9.17, 15) is 14.4 Å². The van der Waals surface area contributed by atoms with Crippen molar-refractivity contribution in [2.24, 2.45) is 0 Å². The summed E-state index contributed by atoms with van der Waals surface area (Å²) in [6, 6.07) is 21.5. The fourth-order valence-corrected chi connectivity index (χ4v) is 2.99. The first-order chi connectivity index (χ1) is 14.0. The van der Waals surface area contributed by atoms with Gasteiger partial charge in [-0.15, -0.1) is 0 Å². The van der Waals surface area contributed by atoms with Gasteiger partial charge in [0, 0.05) is 11.1 Å². The predicted molar refractivity (Wildman–Crippen MR) is 110 cm³/mol. The molecule has 1 N–H and O–H groups in total. The topological polar surface area (TPSA) is 85.6 Å². The lowest BCUT2D eigenvalue weighted by molar-refractivity contribution is -0.123. The number of hydrogen-bond acceptors (Lipinski definition) is 5. The molecule has 29 heavy (non-hydrogen) atoms. The minimum Gasteiger partial charge on any atom is -0.449 e. The van der Waals surface area contributed by atoms with Gasteiger partial charge in [-0.3, -0.25) is 4.79 Å². The van der Waals surface area contributed by atoms with Gasteiger partial charge in [-0.25, -0.2) is 9.59 Å². The Kier molecular flexibility index (Phi) is 4.83. The number of anilines is 1. The number of carbonyl (C=O) groups excluding carboxylic acids is 2. The first kappa shape index (κ1) is 18.4. The van der Waals surface area contributed by atoms with Gasteiger partial charge < -0.3 is 14.5 Å². The summed E-state index contributed by atoms with van der Waals surface area (Å²) < 4.78 is 10.3. The number of carbonyl (C=O) groups is 2. The Balaban J connectivity index is 1.48. The molecule has 0 unspecified atom stereocenters. The second kappa shape index (κ2) is 7.59. The molecule has 0 saturated heterocycles. The molecule has 0 aliphatic carbocycles. The summed E-state index contributed by atoms with van der Waals surface area (Å²) in [5.41, 5.74) is -0.108. The highest BCUT2D eigenvalue weighted by Crippen LogP contribution is 2.19. The summed E-state index contributed by atoms with van der Waals surface area (Å²) in [7, 11) is 0. The van der Waals surface area contributed by atoms with Gasteiger partial charge in [0.1, 0.15) is 11.1 Å². The highest BCUT2D eigenvalue weighted by atomic mass is 16.5. The second-order valence-electron chi connectivity index (χ2n) is 6.58. The van der Waals surface area contributed by atoms with Gasteiger partial charge in [0.05, 0.1) is 0 Å². The van der Waals surface area contributed by atoms with Crippen LogP contribution in [0.1, 0.15) is 17.3 Å². The monoisotopic (exact) mass is 387 g/mol. The number of rotatable bonds is 4. The average molecular weight is 387 g/mol. The van der Waals surface area contributed by atoms with E-state index in [-0.39, 0.29) is 5.56 Å². The van der Waals surface area contributed by atoms with Crippen LogP contribution in [-0.2, 0) is 9.53 Å². The van der Waals surface area contributed by atoms with E-state index in [0.29, 0.717) is 16.7 Å². The summed E-state index contributed by atoms with van der Waals surface area (Å²) in [5, 5.41) is 5.33. The fraction of sp³-hybridized carbons (Fsp3) is 0.0870. The van der Waals surface area contributed by atoms with E-state index in [0.717, 1.165) is 10.8 Å². The number of amides is 1. The number of hydrogen-bond donors (Lipinski definition) is 1. The van der Waals surface area contributed by atoms with E-state index < -0.39 is 23.6 Å². The van der Waals surface area contributed by atoms with Crippen LogP contribution >= 0.6 is 0 Å². The van der Waals surface area contributed by atoms with E-state index >= 15 is 0 Å². The minimum atomic E-state index is -1.10. The molecule has 1 heterocycles. The van der Waals surface area contributed by atoms with Crippen LogP contribution in [0.25, 0.3) is 21.7 Å². The number of esters is 1. The van der Waals surface area contributed by atoms with Crippen LogP contribution in [0.5, 0.6) is 0 Å². The average Bonchev–Trinajstić information content (AvgIpc) is 2.73. The summed E-state index contributed by atoms with van der Waals surface area (Å²) in [6.45, 7) is 1.44. The smallest absolute Gasteiger partial charge is 0.351 e. The van der Waals surface area contributed by atoms with Crippen molar-refractivity contribution in [3.63, 3.8) is 0 Å². The lowest BCUT2D eigenvalue weighted by Crippen LogP contribution is -2.31. The van der Waals surface area contributed by atoms with E-state index in [1.54, 1.807) is 30.3 Å². The summed E-state index contributed by atoms with van der Waals surface area (Å²) >= 11 is 0. The zero-order chi connectivity index (χ0) is 20.4. The van der Waals surface area contributed by atoms with Gasteiger partial charge in [-0.2, -0.15) is 0 Å². The zero-order valence-electron chi connectivity index (χ0n) is 15.5. The van der Waals surface area contributed by atoms with Crippen molar-refractivity contribution in [3.8, 4) is 0 Å². The molecule has 144 valence electrons. The van der Waals surface area contributed by atoms with Gasteiger partial charge >= 0.3 is 11.6 Å². The predicted octanol–water partition coefficient (Wildman–Crippen LogP) is 4.13. The first-order valence-electron chi connectivity index (χ1n) is 9.05. The molecule has 1 atom stereocenters. The molecule has 0 aliphatic heterocycles. The van der Waals surface area contributed by atoms with Crippen molar-refractivity contribution >= 4 is 39.3 Å². The number of nitrogens with one attached hydrogen (secondary N) is 1. The molecule has 0 fully saturated rings. The van der Waals surface area contributed by atoms with Crippen LogP contribution in [0.2, 0.25) is 0 Å². The van der Waals surface area contributed by atoms with Gasteiger partial charge in [0.15, 0.2) is 6.10 Å². The molecule has 0 bridgehead atoms. The molecule has 0 spiro atoms. The Bertz CT molecular complexity index is 1290. The summed E-state index contributed by atoms with van der Waals surface area (Å²) in [5.74, 6) is -1.41. The van der Waals surface area contributed by atoms with Crippen molar-refractivity contribution in [2.75, 3.05) is 5.32 Å². The third-order valence-electron chi connectivity index (χ3n) is 4.53. The molecule has 0 saturated carbocycles. The molecule has 6 nitrogen and oxygen atoms in total. The maximum atomic E-state index is 12.4. The Morgan fingerprint density at radius 1 is 0.897 bits per heavy atom. The summed E-state index contributed by atoms with van der Waals surface area (Å²) in [6.07, 6.45) is -1.10. The van der Waals surface area contributed by atoms with Crippen LogP contribution in [0.15, 0.2) is 82.0 Å². The minimum absolute atomic E-state index is 0.256. The highest BCUT2D eigenvalue weighted by molar-refractivity contribution is 5.99. The number of para-hydroxylation sites is 1. The Labute approximate surface area is 165 Å². The number of fused-ring (bicyclic) bond motifs is 2. The van der Waals surface area contributed by atoms with Crippen molar-refractivity contribution in [1.29, 1.82) is 0 Å². The molecule has 0 aliphatic rings. The van der Waals surface area contributed by atoms with Gasteiger partial charge in [0.25, 0.3) is 5.91 Å². The molecule has 0 radical (unpaired) electrons. The van der Waals surface area contributed by atoms with Crippen molar-refractivity contribution < 1.29 is 18.7 Å². The Hall–Kier alpha value is -3.93. The van der Waals surface area contributed by atoms with Gasteiger partial charge in [0.2, 0.25) is 0 Å². The number of benzene rings is 3. The standard InChI is InChI=1S/C23H17NO5/c1-14(21(25)24-18-11-10-15-6-2-3-7-16(15)12-18)28-22(26)19-13-17-8-4-5-9-20(17)29-23(19)27/h2-14H,1H3,(H,24,25)/t14-/m0/s1. The van der Waals surface area contributed by atoms with Crippen LogP contribution in [0.4, 0.5) is 5.69 Å². The van der Waals surface area contributed by atoms with Crippen molar-refractivity contribution in [2.45, 2.75) is 13.0 Å². The lowest BCUT2D eigenvalue weighted by Gasteiger charge is -2.13. The fourth-order valence-electron chi connectivity index (χ4n) is 2.99. The molecular weight excluding hydrogens is 370 g/mol. The summed E-state index contributed by atoms with van der Waals surface area (Å²) in [4.78, 5) is 36.9. The number of ether oxygens (including phenoxy) is 1. The SMILES string of the molecule is C[C@H](OC(=O)c1cc2ccccc2oc1=O)C(=O)Nc1ccc2ccccc2c1. The van der Waals surface area contributed by atoms with Crippen LogP contribution in [0.3, 0.4) is 0 Å². The maximum absolute atomic E-state index is 12.4.